The van der Waals surface area contributed by atoms with Crippen molar-refractivity contribution >= 4 is 28.0 Å². The van der Waals surface area contributed by atoms with E-state index < -0.39 is 24.5 Å². The number of fused-ring (bicyclic) bond motifs is 2. The van der Waals surface area contributed by atoms with Gasteiger partial charge in [-0.25, -0.2) is 19.9 Å². The fourth-order valence-electron chi connectivity index (χ4n) is 5.59. The third-order valence-electron chi connectivity index (χ3n) is 8.03. The number of imidazole rings is 2. The number of hydrogen-bond donors (Lipinski definition) is 5. The number of ether oxygens (including phenoxy) is 1. The first-order valence-corrected chi connectivity index (χ1v) is 13.3. The van der Waals surface area contributed by atoms with E-state index in [0.29, 0.717) is 29.7 Å². The lowest BCUT2D eigenvalue weighted by Gasteiger charge is -2.36. The third-order valence-corrected chi connectivity index (χ3v) is 8.03. The summed E-state index contributed by atoms with van der Waals surface area (Å²) >= 11 is 0. The fourth-order valence-corrected chi connectivity index (χ4v) is 5.59. The summed E-state index contributed by atoms with van der Waals surface area (Å²) in [5.74, 6) is 1.94. The average molecular weight is 521 g/mol. The number of aromatic amines is 1. The van der Waals surface area contributed by atoms with Crippen LogP contribution in [0.3, 0.4) is 0 Å². The Balaban J connectivity index is 0.984. The van der Waals surface area contributed by atoms with Crippen molar-refractivity contribution in [3.05, 3.63) is 42.2 Å². The lowest BCUT2D eigenvalue weighted by molar-refractivity contribution is -0.0357. The number of aliphatic hydroxyl groups excluding tert-OH is 2. The summed E-state index contributed by atoms with van der Waals surface area (Å²) in [6.45, 7) is 7.11. The Morgan fingerprint density at radius 1 is 1.16 bits per heavy atom. The number of benzene rings is 1. The Kier molecular flexibility index (Phi) is 6.34. The van der Waals surface area contributed by atoms with Gasteiger partial charge in [0.05, 0.1) is 17.4 Å². The standard InChI is InChI=1S/C27H36N8O3/c1-27(2,3)15-5-6-17-18(10-15)34-20(33-17)7-4-14-8-16(9-14)29-11-19-22(36)23(37)26(38-19)35-13-32-21-24(28)30-12-31-25(21)35/h5-6,10,12-14,16,19,22-23,26,29,36-37H,4,7-9,11H2,1-3H3,(H,33,34)(H2,28,30,31)/t14-,16-,19-,22+,23+,26-/m1/s1. The van der Waals surface area contributed by atoms with E-state index in [1.807, 2.05) is 0 Å². The maximum atomic E-state index is 10.7. The Morgan fingerprint density at radius 2 is 1.97 bits per heavy atom. The molecular formula is C27H36N8O3. The van der Waals surface area contributed by atoms with Crippen LogP contribution >= 0.6 is 0 Å². The lowest BCUT2D eigenvalue weighted by Crippen LogP contribution is -2.46. The van der Waals surface area contributed by atoms with Crippen molar-refractivity contribution in [3.8, 4) is 0 Å². The highest BCUT2D eigenvalue weighted by Crippen LogP contribution is 2.34. The maximum absolute atomic E-state index is 10.7. The Hall–Kier alpha value is -3.12. The van der Waals surface area contributed by atoms with Gasteiger partial charge in [0.25, 0.3) is 0 Å². The van der Waals surface area contributed by atoms with Crippen LogP contribution in [0.4, 0.5) is 5.82 Å². The van der Waals surface area contributed by atoms with Crippen LogP contribution in [0.15, 0.2) is 30.9 Å². The number of aromatic nitrogens is 6. The van der Waals surface area contributed by atoms with E-state index in [-0.39, 0.29) is 11.2 Å². The number of hydrogen-bond acceptors (Lipinski definition) is 9. The molecule has 2 aliphatic rings. The molecule has 202 valence electrons. The van der Waals surface area contributed by atoms with Crippen molar-refractivity contribution in [3.63, 3.8) is 0 Å². The second-order valence-corrected chi connectivity index (χ2v) is 11.8. The fraction of sp³-hybridized carbons (Fsp3) is 0.556. The summed E-state index contributed by atoms with van der Waals surface area (Å²) in [6, 6.07) is 6.88. The molecule has 2 fully saturated rings. The predicted octanol–water partition coefficient (Wildman–Crippen LogP) is 2.20. The van der Waals surface area contributed by atoms with Crippen LogP contribution < -0.4 is 11.1 Å². The number of aliphatic hydroxyl groups is 2. The number of nitrogens with two attached hydrogens (primary N) is 1. The largest absolute Gasteiger partial charge is 0.387 e. The monoisotopic (exact) mass is 520 g/mol. The Labute approximate surface area is 220 Å². The Bertz CT molecular complexity index is 1440. The number of H-pyrrole nitrogens is 1. The van der Waals surface area contributed by atoms with Crippen LogP contribution in [0.2, 0.25) is 0 Å². The molecule has 0 bridgehead atoms. The minimum Gasteiger partial charge on any atom is -0.387 e. The van der Waals surface area contributed by atoms with Crippen LogP contribution in [-0.4, -0.2) is 70.6 Å². The summed E-state index contributed by atoms with van der Waals surface area (Å²) in [5.41, 5.74) is 10.3. The number of nitrogen functional groups attached to an aromatic ring is 1. The van der Waals surface area contributed by atoms with E-state index in [2.05, 4.69) is 64.2 Å². The third kappa shape index (κ3) is 4.64. The SMILES string of the molecule is CC(C)(C)c1ccc2[nH]c(CC[C@H]3C[C@H](NC[C@H]4O[C@@H](n5cnc6c(N)ncnc65)[C@@H](O)[C@H]4O)C3)nc2c1. The first-order chi connectivity index (χ1) is 18.2. The molecule has 4 atom stereocenters. The molecule has 1 aliphatic carbocycles. The van der Waals surface area contributed by atoms with Crippen molar-refractivity contribution in [1.82, 2.24) is 34.8 Å². The van der Waals surface area contributed by atoms with E-state index in [4.69, 9.17) is 15.5 Å². The van der Waals surface area contributed by atoms with Crippen LogP contribution in [0, 0.1) is 5.92 Å². The van der Waals surface area contributed by atoms with Crippen molar-refractivity contribution in [2.45, 2.75) is 82.5 Å². The number of nitrogens with zero attached hydrogens (tertiary/aromatic N) is 5. The highest BCUT2D eigenvalue weighted by molar-refractivity contribution is 5.81. The van der Waals surface area contributed by atoms with Gasteiger partial charge in [0.1, 0.15) is 36.0 Å². The van der Waals surface area contributed by atoms with Gasteiger partial charge >= 0.3 is 0 Å². The molecule has 4 aromatic rings. The Morgan fingerprint density at radius 3 is 2.76 bits per heavy atom. The number of rotatable bonds is 7. The second kappa shape index (κ2) is 9.57. The molecule has 0 unspecified atom stereocenters. The summed E-state index contributed by atoms with van der Waals surface area (Å²) < 4.78 is 7.63. The maximum Gasteiger partial charge on any atom is 0.167 e. The quantitative estimate of drug-likeness (QED) is 0.246. The molecule has 1 aromatic carbocycles. The van der Waals surface area contributed by atoms with Crippen molar-refractivity contribution in [1.29, 1.82) is 0 Å². The van der Waals surface area contributed by atoms with E-state index in [9.17, 15) is 10.2 Å². The van der Waals surface area contributed by atoms with Gasteiger partial charge in [0.15, 0.2) is 17.7 Å². The highest BCUT2D eigenvalue weighted by Gasteiger charge is 2.44. The molecule has 1 saturated carbocycles. The summed E-state index contributed by atoms with van der Waals surface area (Å²) in [6.07, 6.45) is 3.56. The van der Waals surface area contributed by atoms with Crippen LogP contribution in [0.5, 0.6) is 0 Å². The van der Waals surface area contributed by atoms with E-state index in [0.717, 1.165) is 42.5 Å². The topological polar surface area (TPSA) is 160 Å². The molecule has 38 heavy (non-hydrogen) atoms. The van der Waals surface area contributed by atoms with Gasteiger partial charge in [0, 0.05) is 19.0 Å². The minimum absolute atomic E-state index is 0.108. The highest BCUT2D eigenvalue weighted by atomic mass is 16.6. The van der Waals surface area contributed by atoms with Crippen molar-refractivity contribution in [2.75, 3.05) is 12.3 Å². The van der Waals surface area contributed by atoms with Gasteiger partial charge < -0.3 is 31.0 Å². The summed E-state index contributed by atoms with van der Waals surface area (Å²) in [7, 11) is 0. The van der Waals surface area contributed by atoms with Gasteiger partial charge in [-0.1, -0.05) is 26.8 Å². The molecule has 0 amide bonds. The van der Waals surface area contributed by atoms with Gasteiger partial charge in [-0.05, 0) is 48.3 Å². The first-order valence-electron chi connectivity index (χ1n) is 13.3. The average Bonchev–Trinajstić information content (AvgIpc) is 3.54. The molecule has 11 heteroatoms. The first kappa shape index (κ1) is 25.2. The second-order valence-electron chi connectivity index (χ2n) is 11.8. The molecular weight excluding hydrogens is 484 g/mol. The molecule has 3 aromatic heterocycles. The van der Waals surface area contributed by atoms with E-state index in [1.54, 1.807) is 4.57 Å². The number of aryl methyl sites for hydroxylation is 1. The van der Waals surface area contributed by atoms with E-state index in [1.165, 1.54) is 18.2 Å². The van der Waals surface area contributed by atoms with E-state index >= 15 is 0 Å². The normalized spacial score (nSPS) is 27.8. The number of nitrogens with one attached hydrogen (secondary N) is 2. The van der Waals surface area contributed by atoms with Gasteiger partial charge in [-0.2, -0.15) is 0 Å². The lowest BCUT2D eigenvalue weighted by atomic mass is 9.77. The molecule has 0 spiro atoms. The predicted molar refractivity (Wildman–Crippen MR) is 143 cm³/mol. The molecule has 1 aliphatic heterocycles. The zero-order valence-electron chi connectivity index (χ0n) is 22.0. The molecule has 6 rings (SSSR count). The van der Waals surface area contributed by atoms with Gasteiger partial charge in [-0.3, -0.25) is 4.57 Å². The summed E-state index contributed by atoms with van der Waals surface area (Å²) in [5, 5.41) is 24.8. The van der Waals surface area contributed by atoms with Crippen LogP contribution in [0.1, 0.15) is 57.6 Å². The molecule has 0 radical (unpaired) electrons. The molecule has 11 nitrogen and oxygen atoms in total. The minimum atomic E-state index is -1.10. The van der Waals surface area contributed by atoms with Gasteiger partial charge in [-0.15, -0.1) is 0 Å². The molecule has 4 heterocycles. The molecule has 6 N–H and O–H groups in total. The zero-order valence-corrected chi connectivity index (χ0v) is 22.0. The van der Waals surface area contributed by atoms with Crippen molar-refractivity contribution < 1.29 is 14.9 Å². The van der Waals surface area contributed by atoms with Crippen LogP contribution in [-0.2, 0) is 16.6 Å². The summed E-state index contributed by atoms with van der Waals surface area (Å²) in [4.78, 5) is 20.7. The van der Waals surface area contributed by atoms with Gasteiger partial charge in [0.2, 0.25) is 0 Å². The zero-order chi connectivity index (χ0) is 26.6. The smallest absolute Gasteiger partial charge is 0.167 e. The molecule has 1 saturated heterocycles. The van der Waals surface area contributed by atoms with Crippen molar-refractivity contribution in [2.24, 2.45) is 5.92 Å². The number of anilines is 1. The van der Waals surface area contributed by atoms with Crippen LogP contribution in [0.25, 0.3) is 22.2 Å².